The van der Waals surface area contributed by atoms with Gasteiger partial charge in [-0.3, -0.25) is 0 Å². The van der Waals surface area contributed by atoms with E-state index >= 15 is 0 Å². The van der Waals surface area contributed by atoms with E-state index in [1.807, 2.05) is 13.0 Å². The second-order valence-electron chi connectivity index (χ2n) is 2.98. The largest absolute Gasteiger partial charge is 0.493 e. The fourth-order valence-electron chi connectivity index (χ4n) is 1.11. The number of ether oxygens (including phenoxy) is 2. The Morgan fingerprint density at radius 3 is 2.80 bits per heavy atom. The molecule has 0 saturated heterocycles. The molecule has 0 saturated carbocycles. The zero-order valence-electron chi connectivity index (χ0n) is 8.75. The Morgan fingerprint density at radius 2 is 2.20 bits per heavy atom. The zero-order chi connectivity index (χ0) is 11.3. The predicted octanol–water partition coefficient (Wildman–Crippen LogP) is 3.02. The smallest absolute Gasteiger partial charge is 0.341 e. The van der Waals surface area contributed by atoms with E-state index in [1.54, 1.807) is 12.1 Å². The van der Waals surface area contributed by atoms with Gasteiger partial charge in [-0.1, -0.05) is 22.9 Å². The summed E-state index contributed by atoms with van der Waals surface area (Å²) in [4.78, 5) is 11.4. The lowest BCUT2D eigenvalue weighted by molar-refractivity contribution is 0.0596. The minimum atomic E-state index is -0.387. The summed E-state index contributed by atoms with van der Waals surface area (Å²) >= 11 is 3.30. The second-order valence-corrected chi connectivity index (χ2v) is 3.90. The molecular formula is C11H13BrO3. The highest BCUT2D eigenvalue weighted by molar-refractivity contribution is 9.10. The molecular weight excluding hydrogens is 260 g/mol. The molecule has 0 fully saturated rings. The van der Waals surface area contributed by atoms with E-state index in [1.165, 1.54) is 7.11 Å². The van der Waals surface area contributed by atoms with E-state index in [-0.39, 0.29) is 5.97 Å². The van der Waals surface area contributed by atoms with Crippen LogP contribution in [0.5, 0.6) is 5.75 Å². The van der Waals surface area contributed by atoms with Crippen molar-refractivity contribution in [3.63, 3.8) is 0 Å². The van der Waals surface area contributed by atoms with Crippen molar-refractivity contribution in [1.29, 1.82) is 0 Å². The highest BCUT2D eigenvalue weighted by atomic mass is 79.9. The summed E-state index contributed by atoms with van der Waals surface area (Å²) in [5.41, 5.74) is 0.445. The quantitative estimate of drug-likeness (QED) is 0.791. The van der Waals surface area contributed by atoms with Gasteiger partial charge in [0.2, 0.25) is 0 Å². The zero-order valence-corrected chi connectivity index (χ0v) is 10.3. The molecule has 0 aromatic heterocycles. The molecule has 0 bridgehead atoms. The molecule has 4 heteroatoms. The van der Waals surface area contributed by atoms with Crippen molar-refractivity contribution in [3.05, 3.63) is 28.2 Å². The lowest BCUT2D eigenvalue weighted by Crippen LogP contribution is -2.06. The molecule has 0 atom stereocenters. The van der Waals surface area contributed by atoms with E-state index in [4.69, 9.17) is 4.74 Å². The Balaban J connectivity index is 2.97. The predicted molar refractivity (Wildman–Crippen MR) is 61.3 cm³/mol. The maximum atomic E-state index is 11.4. The number of rotatable bonds is 4. The van der Waals surface area contributed by atoms with E-state index in [2.05, 4.69) is 20.7 Å². The third-order valence-electron chi connectivity index (χ3n) is 1.81. The van der Waals surface area contributed by atoms with Gasteiger partial charge < -0.3 is 9.47 Å². The van der Waals surface area contributed by atoms with Crippen molar-refractivity contribution in [2.45, 2.75) is 13.3 Å². The van der Waals surface area contributed by atoms with Gasteiger partial charge in [0, 0.05) is 4.47 Å². The van der Waals surface area contributed by atoms with Gasteiger partial charge in [0.15, 0.2) is 0 Å². The van der Waals surface area contributed by atoms with Gasteiger partial charge in [-0.25, -0.2) is 4.79 Å². The molecule has 15 heavy (non-hydrogen) atoms. The molecule has 0 unspecified atom stereocenters. The Bertz CT molecular complexity index is 350. The third-order valence-corrected chi connectivity index (χ3v) is 2.30. The van der Waals surface area contributed by atoms with Crippen LogP contribution in [0.4, 0.5) is 0 Å². The van der Waals surface area contributed by atoms with E-state index in [0.717, 1.165) is 10.9 Å². The monoisotopic (exact) mass is 272 g/mol. The first-order chi connectivity index (χ1) is 7.19. The van der Waals surface area contributed by atoms with Crippen molar-refractivity contribution in [1.82, 2.24) is 0 Å². The maximum absolute atomic E-state index is 11.4. The number of esters is 1. The lowest BCUT2D eigenvalue weighted by atomic mass is 10.2. The molecule has 0 N–H and O–H groups in total. The number of carbonyl (C=O) groups is 1. The molecule has 3 nitrogen and oxygen atoms in total. The Morgan fingerprint density at radius 1 is 1.47 bits per heavy atom. The van der Waals surface area contributed by atoms with E-state index in [0.29, 0.717) is 17.9 Å². The third kappa shape index (κ3) is 3.23. The summed E-state index contributed by atoms with van der Waals surface area (Å²) in [6.45, 7) is 2.60. The number of carbonyl (C=O) groups excluding carboxylic acids is 1. The molecule has 1 rings (SSSR count). The Kier molecular flexibility index (Phi) is 4.62. The number of halogens is 1. The Labute approximate surface area is 97.5 Å². The molecule has 0 amide bonds. The number of benzene rings is 1. The fourth-order valence-corrected chi connectivity index (χ4v) is 1.47. The highest BCUT2D eigenvalue weighted by Gasteiger charge is 2.13. The standard InChI is InChI=1S/C11H13BrO3/c1-3-6-15-10-5-4-8(12)7-9(10)11(13)14-2/h4-5,7H,3,6H2,1-2H3. The van der Waals surface area contributed by atoms with Gasteiger partial charge in [-0.15, -0.1) is 0 Å². The van der Waals surface area contributed by atoms with Gasteiger partial charge in [-0.2, -0.15) is 0 Å². The van der Waals surface area contributed by atoms with Gasteiger partial charge in [0.05, 0.1) is 13.7 Å². The van der Waals surface area contributed by atoms with Crippen LogP contribution in [0.1, 0.15) is 23.7 Å². The van der Waals surface area contributed by atoms with Crippen molar-refractivity contribution < 1.29 is 14.3 Å². The lowest BCUT2D eigenvalue weighted by Gasteiger charge is -2.09. The second kappa shape index (κ2) is 5.75. The summed E-state index contributed by atoms with van der Waals surface area (Å²) in [6, 6.07) is 5.28. The van der Waals surface area contributed by atoms with Crippen LogP contribution in [0.15, 0.2) is 22.7 Å². The summed E-state index contributed by atoms with van der Waals surface area (Å²) < 4.78 is 10.9. The van der Waals surface area contributed by atoms with Crippen molar-refractivity contribution in [3.8, 4) is 5.75 Å². The van der Waals surface area contributed by atoms with Crippen LogP contribution in [0.3, 0.4) is 0 Å². The van der Waals surface area contributed by atoms with Crippen LogP contribution in [0.25, 0.3) is 0 Å². The molecule has 82 valence electrons. The number of hydrogen-bond donors (Lipinski definition) is 0. The SMILES string of the molecule is CCCOc1ccc(Br)cc1C(=O)OC. The first-order valence-corrected chi connectivity index (χ1v) is 5.49. The van der Waals surface area contributed by atoms with Crippen molar-refractivity contribution in [2.24, 2.45) is 0 Å². The van der Waals surface area contributed by atoms with Crippen LogP contribution in [-0.4, -0.2) is 19.7 Å². The highest BCUT2D eigenvalue weighted by Crippen LogP contribution is 2.24. The van der Waals surface area contributed by atoms with Crippen molar-refractivity contribution >= 4 is 21.9 Å². The van der Waals surface area contributed by atoms with Gasteiger partial charge in [0.25, 0.3) is 0 Å². The minimum absolute atomic E-state index is 0.387. The van der Waals surface area contributed by atoms with Gasteiger partial charge in [-0.05, 0) is 24.6 Å². The maximum Gasteiger partial charge on any atom is 0.341 e. The average Bonchev–Trinajstić information content (AvgIpc) is 2.26. The summed E-state index contributed by atoms with van der Waals surface area (Å²) in [5.74, 6) is 0.175. The topological polar surface area (TPSA) is 35.5 Å². The molecule has 0 aliphatic carbocycles. The van der Waals surface area contributed by atoms with Crippen LogP contribution in [0.2, 0.25) is 0 Å². The van der Waals surface area contributed by atoms with Crippen LogP contribution < -0.4 is 4.74 Å². The molecule has 0 aliphatic heterocycles. The molecule has 1 aromatic rings. The number of methoxy groups -OCH3 is 1. The van der Waals surface area contributed by atoms with E-state index < -0.39 is 0 Å². The van der Waals surface area contributed by atoms with Gasteiger partial charge in [0.1, 0.15) is 11.3 Å². The molecule has 0 radical (unpaired) electrons. The summed E-state index contributed by atoms with van der Waals surface area (Å²) in [5, 5.41) is 0. The summed E-state index contributed by atoms with van der Waals surface area (Å²) in [6.07, 6.45) is 0.899. The molecule has 0 aliphatic rings. The first kappa shape index (κ1) is 12.0. The fraction of sp³-hybridized carbons (Fsp3) is 0.364. The average molecular weight is 273 g/mol. The van der Waals surface area contributed by atoms with Crippen molar-refractivity contribution in [2.75, 3.05) is 13.7 Å². The van der Waals surface area contributed by atoms with Gasteiger partial charge >= 0.3 is 5.97 Å². The molecule has 0 spiro atoms. The summed E-state index contributed by atoms with van der Waals surface area (Å²) in [7, 11) is 1.35. The van der Waals surface area contributed by atoms with E-state index in [9.17, 15) is 4.79 Å². The Hall–Kier alpha value is -1.03. The molecule has 1 aromatic carbocycles. The van der Waals surface area contributed by atoms with Crippen LogP contribution in [0, 0.1) is 0 Å². The van der Waals surface area contributed by atoms with Crippen LogP contribution in [-0.2, 0) is 4.74 Å². The molecule has 0 heterocycles. The normalized spacial score (nSPS) is 9.80. The van der Waals surface area contributed by atoms with Crippen LogP contribution >= 0.6 is 15.9 Å². The minimum Gasteiger partial charge on any atom is -0.493 e. The number of hydrogen-bond acceptors (Lipinski definition) is 3. The first-order valence-electron chi connectivity index (χ1n) is 4.69.